The van der Waals surface area contributed by atoms with E-state index >= 15 is 0 Å². The van der Waals surface area contributed by atoms with E-state index in [9.17, 15) is 8.42 Å². The molecule has 7 heteroatoms. The monoisotopic (exact) mass is 273 g/mol. The summed E-state index contributed by atoms with van der Waals surface area (Å²) in [7, 11) is 0.488. The highest BCUT2D eigenvalue weighted by molar-refractivity contribution is 7.89. The van der Waals surface area contributed by atoms with E-state index in [0.717, 1.165) is 6.42 Å². The molecule has 1 aromatic heterocycles. The van der Waals surface area contributed by atoms with Crippen molar-refractivity contribution in [3.63, 3.8) is 0 Å². The van der Waals surface area contributed by atoms with E-state index in [1.54, 1.807) is 0 Å². The van der Waals surface area contributed by atoms with Crippen LogP contribution in [0.2, 0.25) is 0 Å². The number of hydrogen-bond acceptors (Lipinski definition) is 4. The van der Waals surface area contributed by atoms with Gasteiger partial charge in [0.25, 0.3) is 0 Å². The quantitative estimate of drug-likeness (QED) is 0.798. The third-order valence-electron chi connectivity index (χ3n) is 3.38. The highest BCUT2D eigenvalue weighted by Gasteiger charge is 2.33. The lowest BCUT2D eigenvalue weighted by Gasteiger charge is -2.19. The molecule has 18 heavy (non-hydrogen) atoms. The molecular formula is C11H19N3O3S. The minimum atomic E-state index is -3.43. The van der Waals surface area contributed by atoms with Crippen molar-refractivity contribution in [2.45, 2.75) is 24.0 Å². The van der Waals surface area contributed by atoms with E-state index in [1.807, 2.05) is 19.0 Å². The Bertz CT molecular complexity index is 509. The third kappa shape index (κ3) is 2.44. The van der Waals surface area contributed by atoms with Gasteiger partial charge in [-0.25, -0.2) is 8.42 Å². The van der Waals surface area contributed by atoms with Crippen molar-refractivity contribution >= 4 is 10.0 Å². The number of H-pyrrole nitrogens is 1. The highest BCUT2D eigenvalue weighted by atomic mass is 32.2. The Balaban J connectivity index is 2.17. The molecule has 102 valence electrons. The second-order valence-electron chi connectivity index (χ2n) is 4.79. The molecule has 2 heterocycles. The molecule has 0 spiro atoms. The maximum Gasteiger partial charge on any atom is 0.244 e. The second-order valence-corrected chi connectivity index (χ2v) is 6.73. The van der Waals surface area contributed by atoms with Gasteiger partial charge in [-0.15, -0.1) is 0 Å². The van der Waals surface area contributed by atoms with Gasteiger partial charge in [0.15, 0.2) is 0 Å². The lowest BCUT2D eigenvalue weighted by Crippen LogP contribution is -2.34. The molecule has 6 nitrogen and oxygen atoms in total. The van der Waals surface area contributed by atoms with Gasteiger partial charge in [-0.3, -0.25) is 0 Å². The first kappa shape index (κ1) is 13.5. The predicted molar refractivity (Wildman–Crippen MR) is 67.6 cm³/mol. The number of aromatic nitrogens is 1. The van der Waals surface area contributed by atoms with Crippen molar-refractivity contribution < 1.29 is 13.5 Å². The van der Waals surface area contributed by atoms with Crippen molar-refractivity contribution in [3.05, 3.63) is 18.0 Å². The smallest absolute Gasteiger partial charge is 0.244 e. The van der Waals surface area contributed by atoms with Crippen LogP contribution in [0.1, 0.15) is 12.1 Å². The largest absolute Gasteiger partial charge is 0.390 e. The Kier molecular flexibility index (Phi) is 3.76. The fraction of sp³-hybridized carbons (Fsp3) is 0.636. The summed E-state index contributed by atoms with van der Waals surface area (Å²) in [5.41, 5.74) is 0.511. The summed E-state index contributed by atoms with van der Waals surface area (Å²) in [4.78, 5) is 5.03. The summed E-state index contributed by atoms with van der Waals surface area (Å²) in [6, 6.07) is 1.76. The van der Waals surface area contributed by atoms with Crippen LogP contribution in [-0.2, 0) is 16.6 Å². The molecule has 1 unspecified atom stereocenters. The normalized spacial score (nSPS) is 21.9. The zero-order chi connectivity index (χ0) is 13.3. The van der Waals surface area contributed by atoms with Gasteiger partial charge in [0.2, 0.25) is 10.0 Å². The molecule has 1 aliphatic rings. The van der Waals surface area contributed by atoms with E-state index in [0.29, 0.717) is 18.8 Å². The average molecular weight is 273 g/mol. The molecule has 2 N–H and O–H groups in total. The number of rotatable bonds is 4. The molecule has 1 saturated heterocycles. The van der Waals surface area contributed by atoms with Gasteiger partial charge in [-0.05, 0) is 26.6 Å². The molecule has 0 radical (unpaired) electrons. The second kappa shape index (κ2) is 5.00. The summed E-state index contributed by atoms with van der Waals surface area (Å²) in [6.07, 6.45) is 2.29. The van der Waals surface area contributed by atoms with Crippen LogP contribution in [0, 0.1) is 0 Å². The summed E-state index contributed by atoms with van der Waals surface area (Å²) in [5, 5.41) is 8.95. The summed E-state index contributed by atoms with van der Waals surface area (Å²) in [5.74, 6) is 0. The molecule has 2 rings (SSSR count). The Hall–Kier alpha value is -0.890. The third-order valence-corrected chi connectivity index (χ3v) is 5.22. The van der Waals surface area contributed by atoms with Crippen LogP contribution in [-0.4, -0.2) is 60.9 Å². The molecule has 0 amide bonds. The maximum atomic E-state index is 12.3. The van der Waals surface area contributed by atoms with Crippen molar-refractivity contribution in [1.29, 1.82) is 0 Å². The number of aromatic amines is 1. The fourth-order valence-corrected chi connectivity index (χ4v) is 3.67. The van der Waals surface area contributed by atoms with E-state index in [-0.39, 0.29) is 17.5 Å². The standard InChI is InChI=1S/C11H19N3O3S/c1-13(2)10-3-4-14(7-10)18(16,17)11-5-9(8-15)12-6-11/h5-6,10,12,15H,3-4,7-8H2,1-2H3. The predicted octanol–water partition coefficient (Wildman–Crippen LogP) is -0.168. The molecule has 1 atom stereocenters. The molecule has 1 aromatic rings. The number of nitrogens with zero attached hydrogens (tertiary/aromatic N) is 2. The van der Waals surface area contributed by atoms with Crippen LogP contribution < -0.4 is 0 Å². The van der Waals surface area contributed by atoms with E-state index in [1.165, 1.54) is 16.6 Å². The fourth-order valence-electron chi connectivity index (χ4n) is 2.16. The Morgan fingerprint density at radius 1 is 1.56 bits per heavy atom. The number of sulfonamides is 1. The summed E-state index contributed by atoms with van der Waals surface area (Å²) in [6.45, 7) is 0.885. The Labute approximate surface area is 107 Å². The number of nitrogens with one attached hydrogen (secondary N) is 1. The van der Waals surface area contributed by atoms with Crippen LogP contribution in [0.5, 0.6) is 0 Å². The lowest BCUT2D eigenvalue weighted by molar-refractivity contribution is 0.277. The number of aliphatic hydroxyl groups excluding tert-OH is 1. The topological polar surface area (TPSA) is 76.6 Å². The molecule has 0 aromatic carbocycles. The first-order valence-electron chi connectivity index (χ1n) is 5.90. The van der Waals surface area contributed by atoms with Crippen LogP contribution in [0.3, 0.4) is 0 Å². The van der Waals surface area contributed by atoms with Crippen LogP contribution >= 0.6 is 0 Å². The van der Waals surface area contributed by atoms with Crippen molar-refractivity contribution in [2.75, 3.05) is 27.2 Å². The summed E-state index contributed by atoms with van der Waals surface area (Å²) < 4.78 is 26.2. The molecule has 0 aliphatic carbocycles. The Morgan fingerprint density at radius 3 is 2.78 bits per heavy atom. The summed E-state index contributed by atoms with van der Waals surface area (Å²) >= 11 is 0. The highest BCUT2D eigenvalue weighted by Crippen LogP contribution is 2.23. The van der Waals surface area contributed by atoms with Crippen molar-refractivity contribution in [1.82, 2.24) is 14.2 Å². The lowest BCUT2D eigenvalue weighted by atomic mass is 10.2. The SMILES string of the molecule is CN(C)C1CCN(S(=O)(=O)c2c[nH]c(CO)c2)C1. The van der Waals surface area contributed by atoms with Crippen LogP contribution in [0.25, 0.3) is 0 Å². The average Bonchev–Trinajstić information content (AvgIpc) is 2.98. The van der Waals surface area contributed by atoms with Gasteiger partial charge in [0.1, 0.15) is 0 Å². The minimum absolute atomic E-state index is 0.185. The molecule has 0 bridgehead atoms. The molecular weight excluding hydrogens is 254 g/mol. The van der Waals surface area contributed by atoms with E-state index < -0.39 is 10.0 Å². The van der Waals surface area contributed by atoms with Gasteiger partial charge in [0, 0.05) is 31.0 Å². The van der Waals surface area contributed by atoms with Gasteiger partial charge in [-0.2, -0.15) is 4.31 Å². The van der Waals surface area contributed by atoms with E-state index in [4.69, 9.17) is 5.11 Å². The zero-order valence-electron chi connectivity index (χ0n) is 10.6. The molecule has 0 saturated carbocycles. The van der Waals surface area contributed by atoms with Crippen molar-refractivity contribution in [2.24, 2.45) is 0 Å². The number of aliphatic hydroxyl groups is 1. The maximum absolute atomic E-state index is 12.3. The van der Waals surface area contributed by atoms with Gasteiger partial charge in [0.05, 0.1) is 11.5 Å². The van der Waals surface area contributed by atoms with Crippen LogP contribution in [0.15, 0.2) is 17.2 Å². The minimum Gasteiger partial charge on any atom is -0.390 e. The van der Waals surface area contributed by atoms with Crippen LogP contribution in [0.4, 0.5) is 0 Å². The van der Waals surface area contributed by atoms with Gasteiger partial charge in [-0.1, -0.05) is 0 Å². The van der Waals surface area contributed by atoms with Gasteiger partial charge < -0.3 is 15.0 Å². The molecule has 1 fully saturated rings. The Morgan fingerprint density at radius 2 is 2.28 bits per heavy atom. The number of hydrogen-bond donors (Lipinski definition) is 2. The first-order valence-corrected chi connectivity index (χ1v) is 7.34. The molecule has 1 aliphatic heterocycles. The van der Waals surface area contributed by atoms with Gasteiger partial charge >= 0.3 is 0 Å². The zero-order valence-corrected chi connectivity index (χ0v) is 11.4. The van der Waals surface area contributed by atoms with Crippen molar-refractivity contribution in [3.8, 4) is 0 Å². The number of likely N-dealkylation sites (N-methyl/N-ethyl adjacent to an activating group) is 1. The van der Waals surface area contributed by atoms with E-state index in [2.05, 4.69) is 4.98 Å². The first-order chi connectivity index (χ1) is 8.45.